The molecule has 0 fully saturated rings. The largest absolute Gasteiger partial charge is 0.550 e. The Hall–Kier alpha value is -2.44. The van der Waals surface area contributed by atoms with Crippen molar-refractivity contribution in [3.8, 4) is 0 Å². The van der Waals surface area contributed by atoms with Crippen LogP contribution < -0.4 is 21.0 Å². The molecule has 28 heavy (non-hydrogen) atoms. The van der Waals surface area contributed by atoms with Gasteiger partial charge in [-0.15, -0.1) is 0 Å². The summed E-state index contributed by atoms with van der Waals surface area (Å²) in [7, 11) is -1.59. The number of benzene rings is 3. The van der Waals surface area contributed by atoms with Gasteiger partial charge in [-0.3, -0.25) is 0 Å². The lowest BCUT2D eigenvalue weighted by Gasteiger charge is -2.26. The van der Waals surface area contributed by atoms with E-state index in [9.17, 15) is 0 Å². The van der Waals surface area contributed by atoms with Crippen molar-refractivity contribution >= 4 is 29.1 Å². The van der Waals surface area contributed by atoms with E-state index in [4.69, 9.17) is 9.90 Å². The Balaban J connectivity index is 0.000000640. The molecule has 0 atom stereocenters. The van der Waals surface area contributed by atoms with Crippen LogP contribution in [-0.4, -0.2) is 12.1 Å². The summed E-state index contributed by atoms with van der Waals surface area (Å²) >= 11 is 0. The number of carbonyl (C=O) groups excluding carboxylic acids is 1. The molecular formula is C25H29O2P. The van der Waals surface area contributed by atoms with Gasteiger partial charge < -0.3 is 9.90 Å². The summed E-state index contributed by atoms with van der Waals surface area (Å²) in [6.07, 6.45) is 1.14. The van der Waals surface area contributed by atoms with Crippen LogP contribution in [0.5, 0.6) is 0 Å². The summed E-state index contributed by atoms with van der Waals surface area (Å²) in [5.41, 5.74) is 3.96. The van der Waals surface area contributed by atoms with Gasteiger partial charge in [-0.2, -0.15) is 0 Å². The molecule has 0 spiro atoms. The zero-order chi connectivity index (χ0) is 20.7. The van der Waals surface area contributed by atoms with Crippen LogP contribution in [0, 0.1) is 20.8 Å². The molecule has 0 aromatic heterocycles. The number of carboxylic acids is 1. The average molecular weight is 392 g/mol. The third-order valence-electron chi connectivity index (χ3n) is 4.90. The van der Waals surface area contributed by atoms with Crippen LogP contribution >= 0.6 is 7.26 Å². The number of hydrogen-bond donors (Lipinski definition) is 0. The van der Waals surface area contributed by atoms with Crippen LogP contribution in [0.2, 0.25) is 0 Å². The van der Waals surface area contributed by atoms with Gasteiger partial charge in [0.2, 0.25) is 0 Å². The quantitative estimate of drug-likeness (QED) is 0.636. The van der Waals surface area contributed by atoms with Crippen LogP contribution in [0.25, 0.3) is 0 Å². The molecule has 0 saturated carbocycles. The van der Waals surface area contributed by atoms with Crippen molar-refractivity contribution in [1.29, 1.82) is 0 Å². The number of carboxylic acid groups (broad SMARTS) is 1. The van der Waals surface area contributed by atoms with Gasteiger partial charge in [0.15, 0.2) is 0 Å². The summed E-state index contributed by atoms with van der Waals surface area (Å²) in [5, 5.41) is 13.3. The second-order valence-electron chi connectivity index (χ2n) is 7.12. The lowest BCUT2D eigenvalue weighted by Crippen LogP contribution is -2.32. The van der Waals surface area contributed by atoms with E-state index in [1.807, 2.05) is 0 Å². The molecule has 0 bridgehead atoms. The van der Waals surface area contributed by atoms with Gasteiger partial charge >= 0.3 is 0 Å². The molecule has 0 aliphatic rings. The molecule has 0 N–H and O–H groups in total. The molecule has 0 radical (unpaired) electrons. The van der Waals surface area contributed by atoms with Crippen molar-refractivity contribution in [3.05, 3.63) is 89.5 Å². The first-order valence-corrected chi connectivity index (χ1v) is 11.5. The zero-order valence-corrected chi connectivity index (χ0v) is 18.3. The fraction of sp³-hybridized carbons (Fsp3) is 0.240. The van der Waals surface area contributed by atoms with Gasteiger partial charge in [0.05, 0.1) is 6.16 Å². The molecule has 3 heteroatoms. The van der Waals surface area contributed by atoms with Gasteiger partial charge in [0.25, 0.3) is 0 Å². The zero-order valence-electron chi connectivity index (χ0n) is 17.4. The van der Waals surface area contributed by atoms with Crippen molar-refractivity contribution in [2.24, 2.45) is 0 Å². The Morgan fingerprint density at radius 3 is 1.07 bits per heavy atom. The van der Waals surface area contributed by atoms with Crippen LogP contribution in [0.15, 0.2) is 72.8 Å². The molecule has 0 saturated heterocycles. The first-order chi connectivity index (χ1) is 13.3. The van der Waals surface area contributed by atoms with Crippen LogP contribution in [-0.2, 0) is 4.79 Å². The first kappa shape index (κ1) is 21.9. The first-order valence-electron chi connectivity index (χ1n) is 9.57. The molecule has 0 unspecified atom stereocenters. The summed E-state index contributed by atoms with van der Waals surface area (Å²) in [6, 6.07) is 27.6. The Morgan fingerprint density at radius 2 is 0.893 bits per heavy atom. The highest BCUT2D eigenvalue weighted by Crippen LogP contribution is 2.54. The molecule has 0 amide bonds. The van der Waals surface area contributed by atoms with E-state index in [-0.39, 0.29) is 0 Å². The van der Waals surface area contributed by atoms with E-state index in [1.54, 1.807) is 0 Å². The standard InChI is InChI=1S/C23H26P.C2H4O2/c1-5-24(21-12-6-18(2)7-13-21,22-14-8-19(3)9-15-22)23-16-10-20(4)11-17-23;1-2(3)4/h6-17H,5H2,1-4H3;1H3,(H,3,4)/q+1;/p-1. The van der Waals surface area contributed by atoms with Crippen molar-refractivity contribution in [3.63, 3.8) is 0 Å². The van der Waals surface area contributed by atoms with Crippen LogP contribution in [0.4, 0.5) is 0 Å². The van der Waals surface area contributed by atoms with Gasteiger partial charge in [0.1, 0.15) is 23.2 Å². The van der Waals surface area contributed by atoms with E-state index in [2.05, 4.69) is 100 Å². The molecule has 3 aromatic carbocycles. The van der Waals surface area contributed by atoms with E-state index in [0.717, 1.165) is 13.1 Å². The Morgan fingerprint density at radius 1 is 0.679 bits per heavy atom. The van der Waals surface area contributed by atoms with E-state index >= 15 is 0 Å². The van der Waals surface area contributed by atoms with Gasteiger partial charge in [0, 0.05) is 5.97 Å². The van der Waals surface area contributed by atoms with Crippen molar-refractivity contribution in [2.75, 3.05) is 6.16 Å². The van der Waals surface area contributed by atoms with Crippen LogP contribution in [0.1, 0.15) is 30.5 Å². The van der Waals surface area contributed by atoms with Crippen molar-refractivity contribution in [1.82, 2.24) is 0 Å². The van der Waals surface area contributed by atoms with Crippen LogP contribution in [0.3, 0.4) is 0 Å². The Labute approximate surface area is 169 Å². The molecule has 146 valence electrons. The number of hydrogen-bond acceptors (Lipinski definition) is 2. The molecule has 0 heterocycles. The second kappa shape index (κ2) is 9.66. The predicted octanol–water partition coefficient (Wildman–Crippen LogP) is 3.68. The third-order valence-corrected chi connectivity index (χ3v) is 9.39. The minimum atomic E-state index is -1.59. The van der Waals surface area contributed by atoms with E-state index < -0.39 is 13.2 Å². The minimum Gasteiger partial charge on any atom is -0.550 e. The average Bonchev–Trinajstić information content (AvgIpc) is 2.66. The topological polar surface area (TPSA) is 40.1 Å². The summed E-state index contributed by atoms with van der Waals surface area (Å²) in [6.45, 7) is 9.79. The molecule has 0 aliphatic heterocycles. The van der Waals surface area contributed by atoms with E-state index in [1.165, 1.54) is 32.6 Å². The van der Waals surface area contributed by atoms with Gasteiger partial charge in [-0.25, -0.2) is 0 Å². The third kappa shape index (κ3) is 5.09. The molecule has 0 aliphatic carbocycles. The SMILES string of the molecule is CC(=O)[O-].CC[P+](c1ccc(C)cc1)(c1ccc(C)cc1)c1ccc(C)cc1. The highest BCUT2D eigenvalue weighted by molar-refractivity contribution is 7.95. The molecule has 2 nitrogen and oxygen atoms in total. The van der Waals surface area contributed by atoms with Crippen molar-refractivity contribution in [2.45, 2.75) is 34.6 Å². The normalized spacial score (nSPS) is 10.8. The summed E-state index contributed by atoms with van der Waals surface area (Å²) < 4.78 is 0. The lowest BCUT2D eigenvalue weighted by atomic mass is 10.2. The minimum absolute atomic E-state index is 0.972. The highest BCUT2D eigenvalue weighted by Gasteiger charge is 2.43. The smallest absolute Gasteiger partial charge is 0.111 e. The summed E-state index contributed by atoms with van der Waals surface area (Å²) in [5.74, 6) is -1.08. The fourth-order valence-electron chi connectivity index (χ4n) is 3.39. The maximum Gasteiger partial charge on any atom is 0.111 e. The molecule has 3 aromatic rings. The second-order valence-corrected chi connectivity index (χ2v) is 10.9. The maximum atomic E-state index is 8.89. The highest BCUT2D eigenvalue weighted by atomic mass is 31.2. The number of carbonyl (C=O) groups is 1. The van der Waals surface area contributed by atoms with E-state index in [0.29, 0.717) is 0 Å². The Bertz CT molecular complexity index is 780. The number of aryl methyl sites for hydroxylation is 3. The van der Waals surface area contributed by atoms with Gasteiger partial charge in [-0.05, 0) is 71.0 Å². The summed E-state index contributed by atoms with van der Waals surface area (Å²) in [4.78, 5) is 8.89. The Kier molecular flexibility index (Phi) is 7.54. The number of rotatable bonds is 4. The van der Waals surface area contributed by atoms with Gasteiger partial charge in [-0.1, -0.05) is 53.1 Å². The van der Waals surface area contributed by atoms with Crippen molar-refractivity contribution < 1.29 is 9.90 Å². The lowest BCUT2D eigenvalue weighted by molar-refractivity contribution is -0.302. The molecule has 3 rings (SSSR count). The molecular weight excluding hydrogens is 363 g/mol. The fourth-order valence-corrected chi connectivity index (χ4v) is 7.36. The maximum absolute atomic E-state index is 8.89. The predicted molar refractivity (Wildman–Crippen MR) is 121 cm³/mol. The number of aliphatic carboxylic acids is 1. The monoisotopic (exact) mass is 392 g/mol.